The van der Waals surface area contributed by atoms with E-state index >= 15 is 0 Å². The lowest BCUT2D eigenvalue weighted by atomic mass is 10.1. The third-order valence-corrected chi connectivity index (χ3v) is 2.88. The first-order valence-corrected chi connectivity index (χ1v) is 6.60. The molecule has 1 aromatic rings. The van der Waals surface area contributed by atoms with Gasteiger partial charge in [-0.1, -0.05) is 13.8 Å². The van der Waals surface area contributed by atoms with E-state index in [9.17, 15) is 4.79 Å². The van der Waals surface area contributed by atoms with Crippen LogP contribution in [-0.2, 0) is 4.74 Å². The molecule has 0 fully saturated rings. The van der Waals surface area contributed by atoms with Crippen LogP contribution in [0.5, 0.6) is 0 Å². The van der Waals surface area contributed by atoms with Gasteiger partial charge >= 0.3 is 0 Å². The molecule has 0 radical (unpaired) electrons. The Bertz CT molecular complexity index is 407. The number of amides is 1. The molecular formula is C14H23N3O2. The first-order valence-electron chi connectivity index (χ1n) is 6.60. The van der Waals surface area contributed by atoms with Crippen molar-refractivity contribution in [2.45, 2.75) is 26.8 Å². The summed E-state index contributed by atoms with van der Waals surface area (Å²) < 4.78 is 5.47. The third kappa shape index (κ3) is 4.87. The van der Waals surface area contributed by atoms with Crippen molar-refractivity contribution < 1.29 is 9.53 Å². The lowest BCUT2D eigenvalue weighted by Crippen LogP contribution is -2.31. The molecule has 1 atom stereocenters. The fraction of sp³-hybridized carbons (Fsp3) is 0.571. The van der Waals surface area contributed by atoms with Crippen LogP contribution in [0.1, 0.15) is 31.3 Å². The number of carbonyl (C=O) groups is 1. The minimum atomic E-state index is -0.186. The molecule has 19 heavy (non-hydrogen) atoms. The fourth-order valence-corrected chi connectivity index (χ4v) is 1.63. The number of pyridine rings is 1. The summed E-state index contributed by atoms with van der Waals surface area (Å²) in [7, 11) is 1.59. The Morgan fingerprint density at radius 1 is 1.47 bits per heavy atom. The van der Waals surface area contributed by atoms with Crippen molar-refractivity contribution in [3.63, 3.8) is 0 Å². The maximum Gasteiger partial charge on any atom is 0.269 e. The van der Waals surface area contributed by atoms with Crippen molar-refractivity contribution in [2.75, 3.05) is 25.6 Å². The molecule has 1 unspecified atom stereocenters. The first-order chi connectivity index (χ1) is 9.08. The van der Waals surface area contributed by atoms with Crippen molar-refractivity contribution in [3.8, 4) is 0 Å². The quantitative estimate of drug-likeness (QED) is 0.790. The van der Waals surface area contributed by atoms with Gasteiger partial charge in [0.15, 0.2) is 0 Å². The van der Waals surface area contributed by atoms with E-state index in [0.717, 1.165) is 5.69 Å². The molecule has 0 saturated carbocycles. The summed E-state index contributed by atoms with van der Waals surface area (Å²) in [5.74, 6) is 0.248. The van der Waals surface area contributed by atoms with Gasteiger partial charge in [-0.05, 0) is 25.0 Å². The van der Waals surface area contributed by atoms with Gasteiger partial charge in [0.2, 0.25) is 0 Å². The smallest absolute Gasteiger partial charge is 0.269 e. The zero-order valence-corrected chi connectivity index (χ0v) is 12.1. The molecule has 2 N–H and O–H groups in total. The number of rotatable bonds is 7. The Labute approximate surface area is 114 Å². The van der Waals surface area contributed by atoms with E-state index in [1.807, 2.05) is 13.0 Å². The highest BCUT2D eigenvalue weighted by molar-refractivity contribution is 5.92. The van der Waals surface area contributed by atoms with E-state index in [2.05, 4.69) is 29.5 Å². The molecule has 1 amide bonds. The Hall–Kier alpha value is -1.62. The second-order valence-corrected chi connectivity index (χ2v) is 4.66. The number of carbonyl (C=O) groups excluding carboxylic acids is 1. The van der Waals surface area contributed by atoms with Crippen LogP contribution < -0.4 is 10.6 Å². The summed E-state index contributed by atoms with van der Waals surface area (Å²) in [4.78, 5) is 15.6. The molecule has 1 heterocycles. The number of nitrogens with one attached hydrogen (secondary N) is 2. The highest BCUT2D eigenvalue weighted by Crippen LogP contribution is 2.14. The van der Waals surface area contributed by atoms with Crippen molar-refractivity contribution in [1.82, 2.24) is 10.3 Å². The summed E-state index contributed by atoms with van der Waals surface area (Å²) in [5, 5.41) is 5.95. The molecule has 0 saturated heterocycles. The maximum atomic E-state index is 11.5. The standard InChI is InChI=1S/C14H23N3O2/c1-5-19-9-13(10(2)3)17-11-6-7-16-12(8-11)14(18)15-4/h6-8,10,13H,5,9H2,1-4H3,(H,15,18)(H,16,17). The summed E-state index contributed by atoms with van der Waals surface area (Å²) in [5.41, 5.74) is 1.29. The topological polar surface area (TPSA) is 63.2 Å². The average Bonchev–Trinajstić information content (AvgIpc) is 2.42. The largest absolute Gasteiger partial charge is 0.380 e. The van der Waals surface area contributed by atoms with Crippen molar-refractivity contribution in [2.24, 2.45) is 5.92 Å². The van der Waals surface area contributed by atoms with Gasteiger partial charge in [0.05, 0.1) is 12.6 Å². The van der Waals surface area contributed by atoms with Gasteiger partial charge in [0, 0.05) is 25.5 Å². The molecule has 0 aliphatic carbocycles. The van der Waals surface area contributed by atoms with E-state index < -0.39 is 0 Å². The van der Waals surface area contributed by atoms with Crippen LogP contribution in [0.25, 0.3) is 0 Å². The second-order valence-electron chi connectivity index (χ2n) is 4.66. The number of aromatic nitrogens is 1. The number of nitrogens with zero attached hydrogens (tertiary/aromatic N) is 1. The number of hydrogen-bond donors (Lipinski definition) is 2. The number of hydrogen-bond acceptors (Lipinski definition) is 4. The van der Waals surface area contributed by atoms with Crippen LogP contribution in [0.4, 0.5) is 5.69 Å². The van der Waals surface area contributed by atoms with Gasteiger partial charge in [-0.3, -0.25) is 9.78 Å². The summed E-state index contributed by atoms with van der Waals surface area (Å²) in [6, 6.07) is 3.81. The second kappa shape index (κ2) is 7.74. The summed E-state index contributed by atoms with van der Waals surface area (Å²) >= 11 is 0. The zero-order chi connectivity index (χ0) is 14.3. The van der Waals surface area contributed by atoms with Crippen LogP contribution in [0.15, 0.2) is 18.3 Å². The molecule has 0 aliphatic heterocycles. The Kier molecular flexibility index (Phi) is 6.29. The summed E-state index contributed by atoms with van der Waals surface area (Å²) in [6.45, 7) is 7.60. The average molecular weight is 265 g/mol. The van der Waals surface area contributed by atoms with E-state index in [1.54, 1.807) is 19.3 Å². The normalized spacial score (nSPS) is 12.3. The van der Waals surface area contributed by atoms with Gasteiger partial charge < -0.3 is 15.4 Å². The van der Waals surface area contributed by atoms with E-state index in [4.69, 9.17) is 4.74 Å². The van der Waals surface area contributed by atoms with Crippen molar-refractivity contribution in [3.05, 3.63) is 24.0 Å². The first kappa shape index (κ1) is 15.4. The lowest BCUT2D eigenvalue weighted by Gasteiger charge is -2.23. The minimum absolute atomic E-state index is 0.186. The van der Waals surface area contributed by atoms with Crippen LogP contribution in [-0.4, -0.2) is 37.2 Å². The van der Waals surface area contributed by atoms with Gasteiger partial charge in [0.1, 0.15) is 5.69 Å². The van der Waals surface area contributed by atoms with Gasteiger partial charge in [-0.25, -0.2) is 0 Å². The maximum absolute atomic E-state index is 11.5. The van der Waals surface area contributed by atoms with E-state index in [1.165, 1.54) is 0 Å². The Balaban J connectivity index is 2.76. The zero-order valence-electron chi connectivity index (χ0n) is 12.1. The molecule has 0 aromatic carbocycles. The van der Waals surface area contributed by atoms with Crippen LogP contribution in [0.3, 0.4) is 0 Å². The molecule has 1 rings (SSSR count). The predicted molar refractivity (Wildman–Crippen MR) is 76.4 cm³/mol. The molecule has 5 heteroatoms. The van der Waals surface area contributed by atoms with Crippen molar-refractivity contribution >= 4 is 11.6 Å². The molecule has 1 aromatic heterocycles. The van der Waals surface area contributed by atoms with Gasteiger partial charge in [-0.15, -0.1) is 0 Å². The van der Waals surface area contributed by atoms with Crippen molar-refractivity contribution in [1.29, 1.82) is 0 Å². The Morgan fingerprint density at radius 2 is 2.21 bits per heavy atom. The third-order valence-electron chi connectivity index (χ3n) is 2.88. The highest BCUT2D eigenvalue weighted by atomic mass is 16.5. The molecule has 0 spiro atoms. The van der Waals surface area contributed by atoms with Gasteiger partial charge in [-0.2, -0.15) is 0 Å². The molecule has 106 valence electrons. The van der Waals surface area contributed by atoms with Crippen LogP contribution in [0, 0.1) is 5.92 Å². The minimum Gasteiger partial charge on any atom is -0.380 e. The monoisotopic (exact) mass is 265 g/mol. The highest BCUT2D eigenvalue weighted by Gasteiger charge is 2.14. The van der Waals surface area contributed by atoms with E-state index in [0.29, 0.717) is 24.8 Å². The predicted octanol–water partition coefficient (Wildman–Crippen LogP) is 1.91. The molecule has 0 aliphatic rings. The van der Waals surface area contributed by atoms with Crippen LogP contribution >= 0.6 is 0 Å². The molecule has 5 nitrogen and oxygen atoms in total. The summed E-state index contributed by atoms with van der Waals surface area (Å²) in [6.07, 6.45) is 1.63. The van der Waals surface area contributed by atoms with Gasteiger partial charge in [0.25, 0.3) is 5.91 Å². The number of anilines is 1. The fourth-order valence-electron chi connectivity index (χ4n) is 1.63. The lowest BCUT2D eigenvalue weighted by molar-refractivity contribution is 0.0958. The SMILES string of the molecule is CCOCC(Nc1ccnc(C(=O)NC)c1)C(C)C. The molecule has 0 bridgehead atoms. The molecular weight excluding hydrogens is 242 g/mol. The van der Waals surface area contributed by atoms with Crippen LogP contribution in [0.2, 0.25) is 0 Å². The van der Waals surface area contributed by atoms with E-state index in [-0.39, 0.29) is 11.9 Å². The Morgan fingerprint density at radius 3 is 2.79 bits per heavy atom. The number of ether oxygens (including phenoxy) is 1.